The van der Waals surface area contributed by atoms with Crippen LogP contribution in [0.1, 0.15) is 11.1 Å². The molecule has 0 radical (unpaired) electrons. The van der Waals surface area contributed by atoms with Crippen LogP contribution in [0.3, 0.4) is 0 Å². The predicted octanol–water partition coefficient (Wildman–Crippen LogP) is 0.805. The minimum Gasteiger partial charge on any atom is -0.496 e. The number of carboxylic acid groups (broad SMARTS) is 1. The molecular formula is C13H19NO5. The molecule has 0 spiro atoms. The van der Waals surface area contributed by atoms with E-state index in [4.69, 9.17) is 25.1 Å². The summed E-state index contributed by atoms with van der Waals surface area (Å²) in [7, 11) is 4.62. The van der Waals surface area contributed by atoms with Crippen molar-refractivity contribution >= 4 is 5.97 Å². The summed E-state index contributed by atoms with van der Waals surface area (Å²) in [6, 6.07) is 2.57. The lowest BCUT2D eigenvalue weighted by atomic mass is 10.0. The predicted molar refractivity (Wildman–Crippen MR) is 69.6 cm³/mol. The molecule has 0 bridgehead atoms. The fraction of sp³-hybridized carbons (Fsp3) is 0.462. The SMILES string of the molecule is COCc1cc(OC)c(CC(N)C(=O)O)c(OC)c1. The smallest absolute Gasteiger partial charge is 0.320 e. The number of benzene rings is 1. The Kier molecular flexibility index (Phi) is 5.59. The molecule has 0 saturated heterocycles. The van der Waals surface area contributed by atoms with E-state index >= 15 is 0 Å². The quantitative estimate of drug-likeness (QED) is 0.761. The molecule has 0 amide bonds. The zero-order chi connectivity index (χ0) is 14.4. The Balaban J connectivity index is 3.16. The van der Waals surface area contributed by atoms with Crippen molar-refractivity contribution in [1.29, 1.82) is 0 Å². The van der Waals surface area contributed by atoms with Gasteiger partial charge in [0.25, 0.3) is 0 Å². The number of carbonyl (C=O) groups is 1. The molecule has 0 aliphatic heterocycles. The monoisotopic (exact) mass is 269 g/mol. The lowest BCUT2D eigenvalue weighted by molar-refractivity contribution is -0.138. The van der Waals surface area contributed by atoms with Gasteiger partial charge >= 0.3 is 5.97 Å². The van der Waals surface area contributed by atoms with Crippen molar-refractivity contribution < 1.29 is 24.1 Å². The number of rotatable bonds is 7. The van der Waals surface area contributed by atoms with Crippen LogP contribution in [0.4, 0.5) is 0 Å². The van der Waals surface area contributed by atoms with Gasteiger partial charge in [-0.25, -0.2) is 0 Å². The Morgan fingerprint density at radius 1 is 1.26 bits per heavy atom. The second kappa shape index (κ2) is 6.96. The highest BCUT2D eigenvalue weighted by Crippen LogP contribution is 2.31. The van der Waals surface area contributed by atoms with Gasteiger partial charge in [0.05, 0.1) is 20.8 Å². The first kappa shape index (κ1) is 15.3. The van der Waals surface area contributed by atoms with E-state index in [0.717, 1.165) is 5.56 Å². The first-order valence-electron chi connectivity index (χ1n) is 5.74. The number of methoxy groups -OCH3 is 3. The summed E-state index contributed by atoms with van der Waals surface area (Å²) >= 11 is 0. The third kappa shape index (κ3) is 3.84. The molecule has 6 heteroatoms. The van der Waals surface area contributed by atoms with Crippen LogP contribution in [0.5, 0.6) is 11.5 Å². The summed E-state index contributed by atoms with van der Waals surface area (Å²) in [4.78, 5) is 10.8. The third-order valence-electron chi connectivity index (χ3n) is 2.72. The van der Waals surface area contributed by atoms with Crippen molar-refractivity contribution in [3.63, 3.8) is 0 Å². The molecule has 0 fully saturated rings. The summed E-state index contributed by atoms with van der Waals surface area (Å²) in [5.74, 6) is 0.0243. The van der Waals surface area contributed by atoms with Crippen molar-refractivity contribution in [3.8, 4) is 11.5 Å². The highest BCUT2D eigenvalue weighted by atomic mass is 16.5. The summed E-state index contributed by atoms with van der Waals surface area (Å²) < 4.78 is 15.6. The van der Waals surface area contributed by atoms with Gasteiger partial charge in [0.1, 0.15) is 17.5 Å². The first-order valence-corrected chi connectivity index (χ1v) is 5.74. The molecule has 106 valence electrons. The van der Waals surface area contributed by atoms with Gasteiger partial charge in [0, 0.05) is 19.1 Å². The van der Waals surface area contributed by atoms with Gasteiger partial charge in [0.15, 0.2) is 0 Å². The van der Waals surface area contributed by atoms with Crippen molar-refractivity contribution in [2.24, 2.45) is 5.73 Å². The van der Waals surface area contributed by atoms with Crippen molar-refractivity contribution in [3.05, 3.63) is 23.3 Å². The van der Waals surface area contributed by atoms with Crippen molar-refractivity contribution in [2.45, 2.75) is 19.1 Å². The van der Waals surface area contributed by atoms with Crippen LogP contribution in [0, 0.1) is 0 Å². The number of aliphatic carboxylic acids is 1. The summed E-state index contributed by atoms with van der Waals surface area (Å²) in [6.45, 7) is 0.415. The van der Waals surface area contributed by atoms with Crippen LogP contribution in [0.2, 0.25) is 0 Å². The van der Waals surface area contributed by atoms with Crippen LogP contribution in [0.25, 0.3) is 0 Å². The Hall–Kier alpha value is -1.79. The van der Waals surface area contributed by atoms with Crippen LogP contribution in [-0.4, -0.2) is 38.4 Å². The van der Waals surface area contributed by atoms with E-state index in [-0.39, 0.29) is 6.42 Å². The zero-order valence-corrected chi connectivity index (χ0v) is 11.3. The fourth-order valence-electron chi connectivity index (χ4n) is 1.80. The average Bonchev–Trinajstić information content (AvgIpc) is 2.39. The summed E-state index contributed by atoms with van der Waals surface area (Å²) in [6.07, 6.45) is 0.134. The van der Waals surface area contributed by atoms with Gasteiger partial charge in [-0.05, 0) is 17.7 Å². The van der Waals surface area contributed by atoms with E-state index in [1.54, 1.807) is 19.2 Å². The topological polar surface area (TPSA) is 91.0 Å². The molecule has 19 heavy (non-hydrogen) atoms. The molecule has 6 nitrogen and oxygen atoms in total. The Labute approximate surface area is 112 Å². The molecule has 0 aromatic heterocycles. The van der Waals surface area contributed by atoms with E-state index in [1.165, 1.54) is 14.2 Å². The molecule has 0 saturated carbocycles. The second-order valence-electron chi connectivity index (χ2n) is 4.06. The minimum atomic E-state index is -1.06. The van der Waals surface area contributed by atoms with E-state index in [0.29, 0.717) is 23.7 Å². The maximum atomic E-state index is 10.8. The second-order valence-corrected chi connectivity index (χ2v) is 4.06. The largest absolute Gasteiger partial charge is 0.496 e. The third-order valence-corrected chi connectivity index (χ3v) is 2.72. The molecule has 1 atom stereocenters. The van der Waals surface area contributed by atoms with Gasteiger partial charge in [-0.2, -0.15) is 0 Å². The highest BCUT2D eigenvalue weighted by Gasteiger charge is 2.19. The Morgan fingerprint density at radius 2 is 1.79 bits per heavy atom. The lowest BCUT2D eigenvalue weighted by Gasteiger charge is -2.16. The summed E-state index contributed by atoms with van der Waals surface area (Å²) in [5, 5.41) is 8.88. The zero-order valence-electron chi connectivity index (χ0n) is 11.3. The van der Waals surface area contributed by atoms with Gasteiger partial charge in [-0.3, -0.25) is 4.79 Å². The fourth-order valence-corrected chi connectivity index (χ4v) is 1.80. The summed E-state index contributed by atoms with van der Waals surface area (Å²) in [5.41, 5.74) is 7.07. The van der Waals surface area contributed by atoms with E-state index in [9.17, 15) is 4.79 Å². The molecular weight excluding hydrogens is 250 g/mol. The lowest BCUT2D eigenvalue weighted by Crippen LogP contribution is -2.32. The molecule has 1 rings (SSSR count). The first-order chi connectivity index (χ1) is 9.03. The van der Waals surface area contributed by atoms with Crippen LogP contribution >= 0.6 is 0 Å². The van der Waals surface area contributed by atoms with Gasteiger partial charge < -0.3 is 25.1 Å². The van der Waals surface area contributed by atoms with E-state index in [1.807, 2.05) is 0 Å². The van der Waals surface area contributed by atoms with Crippen molar-refractivity contribution in [2.75, 3.05) is 21.3 Å². The normalized spacial score (nSPS) is 12.0. The standard InChI is InChI=1S/C13H19NO5/c1-17-7-8-4-11(18-2)9(12(5-8)19-3)6-10(14)13(15)16/h4-5,10H,6-7,14H2,1-3H3,(H,15,16). The van der Waals surface area contributed by atoms with Gasteiger partial charge in [-0.15, -0.1) is 0 Å². The van der Waals surface area contributed by atoms with Crippen LogP contribution in [0.15, 0.2) is 12.1 Å². The van der Waals surface area contributed by atoms with Gasteiger partial charge in [-0.1, -0.05) is 0 Å². The number of hydrogen-bond donors (Lipinski definition) is 2. The Bertz CT molecular complexity index is 422. The minimum absolute atomic E-state index is 0.134. The number of carboxylic acids is 1. The van der Waals surface area contributed by atoms with E-state index in [2.05, 4.69) is 0 Å². The van der Waals surface area contributed by atoms with Crippen LogP contribution in [-0.2, 0) is 22.6 Å². The van der Waals surface area contributed by atoms with Crippen molar-refractivity contribution in [1.82, 2.24) is 0 Å². The van der Waals surface area contributed by atoms with Gasteiger partial charge in [0.2, 0.25) is 0 Å². The average molecular weight is 269 g/mol. The maximum absolute atomic E-state index is 10.8. The number of nitrogens with two attached hydrogens (primary N) is 1. The molecule has 1 unspecified atom stereocenters. The maximum Gasteiger partial charge on any atom is 0.320 e. The molecule has 0 aliphatic carbocycles. The number of hydrogen-bond acceptors (Lipinski definition) is 5. The highest BCUT2D eigenvalue weighted by molar-refractivity contribution is 5.74. The molecule has 0 aliphatic rings. The molecule has 1 aromatic rings. The van der Waals surface area contributed by atoms with E-state index < -0.39 is 12.0 Å². The van der Waals surface area contributed by atoms with Crippen LogP contribution < -0.4 is 15.2 Å². The Morgan fingerprint density at radius 3 is 2.16 bits per heavy atom. The number of ether oxygens (including phenoxy) is 3. The molecule has 1 aromatic carbocycles. The molecule has 3 N–H and O–H groups in total. The molecule has 0 heterocycles.